The summed E-state index contributed by atoms with van der Waals surface area (Å²) in [7, 11) is 1.43. The zero-order chi connectivity index (χ0) is 13.1. The lowest BCUT2D eigenvalue weighted by atomic mass is 10.1. The van der Waals surface area contributed by atoms with Crippen LogP contribution in [-0.2, 0) is 9.53 Å². The van der Waals surface area contributed by atoms with Gasteiger partial charge in [-0.05, 0) is 32.6 Å². The van der Waals surface area contributed by atoms with E-state index in [1.807, 2.05) is 6.92 Å². The summed E-state index contributed by atoms with van der Waals surface area (Å²) in [6.07, 6.45) is 7.81. The number of unbranched alkanes of at least 4 members (excludes halogenated alkanes) is 3. The Balaban J connectivity index is 3.24. The zero-order valence-electron chi connectivity index (χ0n) is 10.9. The van der Waals surface area contributed by atoms with E-state index in [0.29, 0.717) is 6.42 Å². The first-order chi connectivity index (χ1) is 8.06. The van der Waals surface area contributed by atoms with Gasteiger partial charge >= 0.3 is 5.97 Å². The second-order valence-electron chi connectivity index (χ2n) is 4.48. The van der Waals surface area contributed by atoms with Gasteiger partial charge in [0, 0.05) is 17.2 Å². The number of alkyl halides is 2. The SMILES string of the molecule is COC(=O)CCCCCCC(Cl)CCC(C)Cl. The Kier molecular flexibility index (Phi) is 11.2. The summed E-state index contributed by atoms with van der Waals surface area (Å²) in [4.78, 5) is 10.8. The molecule has 2 atom stereocenters. The van der Waals surface area contributed by atoms with Crippen LogP contribution in [0, 0.1) is 0 Å². The highest BCUT2D eigenvalue weighted by Gasteiger charge is 2.06. The average molecular weight is 283 g/mol. The lowest BCUT2D eigenvalue weighted by Gasteiger charge is -2.09. The van der Waals surface area contributed by atoms with E-state index in [-0.39, 0.29) is 16.7 Å². The molecule has 0 aromatic rings. The van der Waals surface area contributed by atoms with Gasteiger partial charge in [-0.25, -0.2) is 0 Å². The lowest BCUT2D eigenvalue weighted by molar-refractivity contribution is -0.140. The van der Waals surface area contributed by atoms with Crippen LogP contribution in [0.1, 0.15) is 58.3 Å². The largest absolute Gasteiger partial charge is 0.469 e. The van der Waals surface area contributed by atoms with Gasteiger partial charge in [0.25, 0.3) is 0 Å². The molecule has 0 saturated carbocycles. The van der Waals surface area contributed by atoms with Gasteiger partial charge in [-0.1, -0.05) is 19.3 Å². The molecule has 102 valence electrons. The molecule has 0 aliphatic heterocycles. The second kappa shape index (κ2) is 11.2. The van der Waals surface area contributed by atoms with Gasteiger partial charge < -0.3 is 4.74 Å². The summed E-state index contributed by atoms with van der Waals surface area (Å²) in [5.74, 6) is -0.115. The van der Waals surface area contributed by atoms with Crippen molar-refractivity contribution in [3.8, 4) is 0 Å². The van der Waals surface area contributed by atoms with E-state index in [2.05, 4.69) is 4.74 Å². The van der Waals surface area contributed by atoms with Gasteiger partial charge in [-0.15, -0.1) is 23.2 Å². The molecule has 0 bridgehead atoms. The van der Waals surface area contributed by atoms with Gasteiger partial charge in [0.15, 0.2) is 0 Å². The number of methoxy groups -OCH3 is 1. The molecule has 0 fully saturated rings. The van der Waals surface area contributed by atoms with Crippen molar-refractivity contribution in [1.29, 1.82) is 0 Å². The Morgan fingerprint density at radius 3 is 2.29 bits per heavy atom. The van der Waals surface area contributed by atoms with E-state index >= 15 is 0 Å². The molecule has 0 N–H and O–H groups in total. The topological polar surface area (TPSA) is 26.3 Å². The summed E-state index contributed by atoms with van der Waals surface area (Å²) in [5.41, 5.74) is 0. The molecule has 0 aromatic carbocycles. The van der Waals surface area contributed by atoms with Gasteiger partial charge in [0.1, 0.15) is 0 Å². The fourth-order valence-electron chi connectivity index (χ4n) is 1.65. The summed E-state index contributed by atoms with van der Waals surface area (Å²) < 4.78 is 4.58. The number of esters is 1. The van der Waals surface area contributed by atoms with Crippen molar-refractivity contribution in [2.45, 2.75) is 69.0 Å². The van der Waals surface area contributed by atoms with Crippen LogP contribution >= 0.6 is 23.2 Å². The smallest absolute Gasteiger partial charge is 0.305 e. The Bertz CT molecular complexity index is 196. The van der Waals surface area contributed by atoms with E-state index in [4.69, 9.17) is 23.2 Å². The Morgan fingerprint density at radius 2 is 1.71 bits per heavy atom. The van der Waals surface area contributed by atoms with Gasteiger partial charge in [0.2, 0.25) is 0 Å². The number of carbonyl (C=O) groups is 1. The molecular formula is C13H24Cl2O2. The Hall–Kier alpha value is 0.0500. The molecule has 2 unspecified atom stereocenters. The fourth-order valence-corrected chi connectivity index (χ4v) is 2.05. The molecule has 2 nitrogen and oxygen atoms in total. The molecule has 0 rings (SSSR count). The minimum absolute atomic E-state index is 0.115. The normalized spacial score (nSPS) is 14.4. The molecule has 0 spiro atoms. The number of carbonyl (C=O) groups excluding carboxylic acids is 1. The van der Waals surface area contributed by atoms with Crippen molar-refractivity contribution >= 4 is 29.2 Å². The van der Waals surface area contributed by atoms with Crippen molar-refractivity contribution in [2.75, 3.05) is 7.11 Å². The third-order valence-corrected chi connectivity index (χ3v) is 3.41. The van der Waals surface area contributed by atoms with E-state index < -0.39 is 0 Å². The highest BCUT2D eigenvalue weighted by Crippen LogP contribution is 2.17. The van der Waals surface area contributed by atoms with Crippen molar-refractivity contribution in [3.05, 3.63) is 0 Å². The predicted molar refractivity (Wildman–Crippen MR) is 73.9 cm³/mol. The van der Waals surface area contributed by atoms with Crippen LogP contribution < -0.4 is 0 Å². The molecule has 0 aliphatic rings. The molecular weight excluding hydrogens is 259 g/mol. The monoisotopic (exact) mass is 282 g/mol. The minimum atomic E-state index is -0.115. The summed E-state index contributed by atoms with van der Waals surface area (Å²) in [6.45, 7) is 2.00. The molecule has 17 heavy (non-hydrogen) atoms. The third kappa shape index (κ3) is 12.3. The maximum atomic E-state index is 10.8. The highest BCUT2D eigenvalue weighted by molar-refractivity contribution is 6.21. The fraction of sp³-hybridized carbons (Fsp3) is 0.923. The number of rotatable bonds is 10. The van der Waals surface area contributed by atoms with Crippen LogP contribution in [0.25, 0.3) is 0 Å². The number of ether oxygens (including phenoxy) is 1. The predicted octanol–water partition coefficient (Wildman–Crippen LogP) is 4.51. The molecule has 0 saturated heterocycles. The molecule has 0 amide bonds. The standard InChI is InChI=1S/C13H24Cl2O2/c1-11(14)9-10-12(15)7-5-3-4-6-8-13(16)17-2/h11-12H,3-10H2,1-2H3. The molecule has 4 heteroatoms. The zero-order valence-corrected chi connectivity index (χ0v) is 12.4. The van der Waals surface area contributed by atoms with Crippen molar-refractivity contribution in [1.82, 2.24) is 0 Å². The number of halogens is 2. The molecule has 0 aliphatic carbocycles. The van der Waals surface area contributed by atoms with Gasteiger partial charge in [0.05, 0.1) is 7.11 Å². The summed E-state index contributed by atoms with van der Waals surface area (Å²) >= 11 is 12.0. The molecule has 0 radical (unpaired) electrons. The Labute approximate surface area is 115 Å². The van der Waals surface area contributed by atoms with Gasteiger partial charge in [-0.2, -0.15) is 0 Å². The van der Waals surface area contributed by atoms with Crippen molar-refractivity contribution < 1.29 is 9.53 Å². The van der Waals surface area contributed by atoms with Crippen molar-refractivity contribution in [3.63, 3.8) is 0 Å². The number of hydrogen-bond donors (Lipinski definition) is 0. The van der Waals surface area contributed by atoms with E-state index in [9.17, 15) is 4.79 Å². The first-order valence-electron chi connectivity index (χ1n) is 6.41. The van der Waals surface area contributed by atoms with Crippen LogP contribution in [0.15, 0.2) is 0 Å². The lowest BCUT2D eigenvalue weighted by Crippen LogP contribution is -2.02. The first-order valence-corrected chi connectivity index (χ1v) is 7.28. The number of hydrogen-bond acceptors (Lipinski definition) is 2. The van der Waals surface area contributed by atoms with Crippen molar-refractivity contribution in [2.24, 2.45) is 0 Å². The summed E-state index contributed by atoms with van der Waals surface area (Å²) in [5, 5.41) is 0.466. The highest BCUT2D eigenvalue weighted by atomic mass is 35.5. The molecule has 0 aromatic heterocycles. The first kappa shape index (κ1) is 17.1. The maximum absolute atomic E-state index is 10.8. The van der Waals surface area contributed by atoms with E-state index in [1.165, 1.54) is 7.11 Å². The average Bonchev–Trinajstić information content (AvgIpc) is 2.30. The second-order valence-corrected chi connectivity index (χ2v) is 5.85. The van der Waals surface area contributed by atoms with E-state index in [1.54, 1.807) is 0 Å². The summed E-state index contributed by atoms with van der Waals surface area (Å²) in [6, 6.07) is 0. The third-order valence-electron chi connectivity index (χ3n) is 2.75. The van der Waals surface area contributed by atoms with Crippen LogP contribution in [-0.4, -0.2) is 23.8 Å². The quantitative estimate of drug-likeness (QED) is 0.335. The van der Waals surface area contributed by atoms with Crippen LogP contribution in [0.3, 0.4) is 0 Å². The van der Waals surface area contributed by atoms with Crippen LogP contribution in [0.5, 0.6) is 0 Å². The minimum Gasteiger partial charge on any atom is -0.469 e. The van der Waals surface area contributed by atoms with Crippen LogP contribution in [0.4, 0.5) is 0 Å². The van der Waals surface area contributed by atoms with Crippen LogP contribution in [0.2, 0.25) is 0 Å². The molecule has 0 heterocycles. The van der Waals surface area contributed by atoms with E-state index in [0.717, 1.165) is 44.9 Å². The van der Waals surface area contributed by atoms with Gasteiger partial charge in [-0.3, -0.25) is 4.79 Å². The Morgan fingerprint density at radius 1 is 1.06 bits per heavy atom. The maximum Gasteiger partial charge on any atom is 0.305 e.